The number of thioether (sulfide) groups is 1. The molecule has 0 unspecified atom stereocenters. The lowest BCUT2D eigenvalue weighted by Crippen LogP contribution is -2.33. The predicted molar refractivity (Wildman–Crippen MR) is 75.0 cm³/mol. The van der Waals surface area contributed by atoms with Crippen molar-refractivity contribution in [1.29, 1.82) is 0 Å². The average molecular weight is 279 g/mol. The van der Waals surface area contributed by atoms with Gasteiger partial charge in [-0.25, -0.2) is 0 Å². The van der Waals surface area contributed by atoms with Crippen LogP contribution >= 0.6 is 11.8 Å². The minimum atomic E-state index is -0.810. The number of rotatable bonds is 4. The minimum Gasteiger partial charge on any atom is -0.481 e. The van der Waals surface area contributed by atoms with Gasteiger partial charge in [0.25, 0.3) is 0 Å². The highest BCUT2D eigenvalue weighted by atomic mass is 32.2. The number of hydrogen-bond donors (Lipinski definition) is 1. The van der Waals surface area contributed by atoms with Crippen molar-refractivity contribution in [2.45, 2.75) is 11.7 Å². The second-order valence-electron chi connectivity index (χ2n) is 4.63. The molecule has 19 heavy (non-hydrogen) atoms. The maximum atomic E-state index is 12.5. The van der Waals surface area contributed by atoms with Crippen molar-refractivity contribution in [3.8, 4) is 0 Å². The zero-order valence-electron chi connectivity index (χ0n) is 10.8. The van der Waals surface area contributed by atoms with Crippen LogP contribution in [0.1, 0.15) is 17.2 Å². The normalized spacial score (nSPS) is 20.3. The Morgan fingerprint density at radius 1 is 1.37 bits per heavy atom. The first-order valence-electron chi connectivity index (χ1n) is 6.23. The van der Waals surface area contributed by atoms with Crippen LogP contribution in [-0.4, -0.2) is 41.2 Å². The third kappa shape index (κ3) is 3.10. The highest BCUT2D eigenvalue weighted by molar-refractivity contribution is 7.99. The van der Waals surface area contributed by atoms with E-state index in [1.54, 1.807) is 4.90 Å². The largest absolute Gasteiger partial charge is 0.481 e. The van der Waals surface area contributed by atoms with E-state index in [2.05, 4.69) is 0 Å². The molecule has 2 rings (SSSR count). The molecule has 1 saturated heterocycles. The maximum Gasteiger partial charge on any atom is 0.308 e. The first-order valence-corrected chi connectivity index (χ1v) is 7.51. The van der Waals surface area contributed by atoms with Crippen molar-refractivity contribution in [2.75, 3.05) is 19.3 Å². The van der Waals surface area contributed by atoms with Crippen LogP contribution in [0, 0.1) is 5.92 Å². The van der Waals surface area contributed by atoms with E-state index in [9.17, 15) is 9.59 Å². The third-order valence-corrected chi connectivity index (χ3v) is 4.36. The molecule has 1 aliphatic heterocycles. The topological polar surface area (TPSA) is 57.6 Å². The lowest BCUT2D eigenvalue weighted by Gasteiger charge is -2.22. The van der Waals surface area contributed by atoms with Gasteiger partial charge in [0.15, 0.2) is 0 Å². The molecule has 1 aromatic rings. The Kier molecular flexibility index (Phi) is 4.47. The van der Waals surface area contributed by atoms with E-state index in [0.29, 0.717) is 19.5 Å². The summed E-state index contributed by atoms with van der Waals surface area (Å²) >= 11 is 1.49. The number of carboxylic acids is 1. The predicted octanol–water partition coefficient (Wildman–Crippen LogP) is 2.02. The Morgan fingerprint density at radius 2 is 2.05 bits per heavy atom. The third-order valence-electron chi connectivity index (χ3n) is 3.41. The van der Waals surface area contributed by atoms with Crippen molar-refractivity contribution in [2.24, 2.45) is 5.92 Å². The summed E-state index contributed by atoms with van der Waals surface area (Å²) in [5.74, 6) is -1.21. The van der Waals surface area contributed by atoms with Crippen LogP contribution in [0.3, 0.4) is 0 Å². The van der Waals surface area contributed by atoms with Gasteiger partial charge in [-0.2, -0.15) is 0 Å². The molecule has 0 spiro atoms. The van der Waals surface area contributed by atoms with Gasteiger partial charge in [0.1, 0.15) is 5.25 Å². The van der Waals surface area contributed by atoms with E-state index < -0.39 is 11.9 Å². The first-order chi connectivity index (χ1) is 9.13. The molecule has 1 aromatic carbocycles. The standard InChI is InChI=1S/C14H17NO3S/c1-19-12(10-5-3-2-4-6-10)13(16)15-8-7-11(9-15)14(17)18/h2-6,11-12H,7-9H2,1H3,(H,17,18)/t11-,12-/m1/s1. The Balaban J connectivity index is 2.08. The number of hydrogen-bond acceptors (Lipinski definition) is 3. The van der Waals surface area contributed by atoms with Crippen molar-refractivity contribution in [1.82, 2.24) is 4.90 Å². The van der Waals surface area contributed by atoms with Crippen molar-refractivity contribution in [3.63, 3.8) is 0 Å². The van der Waals surface area contributed by atoms with Crippen molar-refractivity contribution < 1.29 is 14.7 Å². The van der Waals surface area contributed by atoms with Gasteiger partial charge >= 0.3 is 5.97 Å². The quantitative estimate of drug-likeness (QED) is 0.916. The van der Waals surface area contributed by atoms with Crippen LogP contribution in [0.5, 0.6) is 0 Å². The highest BCUT2D eigenvalue weighted by Crippen LogP contribution is 2.30. The minimum absolute atomic E-state index is 0.0162. The number of aliphatic carboxylic acids is 1. The summed E-state index contributed by atoms with van der Waals surface area (Å²) < 4.78 is 0. The highest BCUT2D eigenvalue weighted by Gasteiger charge is 2.34. The zero-order valence-corrected chi connectivity index (χ0v) is 11.6. The first kappa shape index (κ1) is 13.9. The Bertz CT molecular complexity index is 463. The Labute approximate surface area is 116 Å². The van der Waals surface area contributed by atoms with Crippen molar-refractivity contribution >= 4 is 23.6 Å². The molecule has 0 aromatic heterocycles. The summed E-state index contributed by atoms with van der Waals surface area (Å²) in [5.41, 5.74) is 0.971. The molecule has 1 aliphatic rings. The molecule has 1 fully saturated rings. The summed E-state index contributed by atoms with van der Waals surface area (Å²) in [4.78, 5) is 25.1. The van der Waals surface area contributed by atoms with Gasteiger partial charge in [-0.1, -0.05) is 30.3 Å². The second-order valence-corrected chi connectivity index (χ2v) is 5.58. The molecule has 102 valence electrons. The second kappa shape index (κ2) is 6.10. The smallest absolute Gasteiger partial charge is 0.308 e. The van der Waals surface area contributed by atoms with E-state index >= 15 is 0 Å². The molecule has 0 radical (unpaired) electrons. The summed E-state index contributed by atoms with van der Waals surface area (Å²) in [5, 5.41) is 8.74. The number of likely N-dealkylation sites (tertiary alicyclic amines) is 1. The number of carbonyl (C=O) groups excluding carboxylic acids is 1. The van der Waals surface area contributed by atoms with E-state index in [1.165, 1.54) is 11.8 Å². The molecule has 0 bridgehead atoms. The molecule has 4 nitrogen and oxygen atoms in total. The summed E-state index contributed by atoms with van der Waals surface area (Å²) in [7, 11) is 0. The van der Waals surface area contributed by atoms with Crippen LogP contribution in [0.25, 0.3) is 0 Å². The van der Waals surface area contributed by atoms with Crippen LogP contribution in [-0.2, 0) is 9.59 Å². The lowest BCUT2D eigenvalue weighted by atomic mass is 10.1. The number of carboxylic acid groups (broad SMARTS) is 1. The molecule has 1 amide bonds. The monoisotopic (exact) mass is 279 g/mol. The Hall–Kier alpha value is -1.49. The number of amides is 1. The molecule has 5 heteroatoms. The van der Waals surface area contributed by atoms with Gasteiger partial charge in [0.05, 0.1) is 5.92 Å². The molecule has 1 heterocycles. The average Bonchev–Trinajstić information content (AvgIpc) is 2.90. The van der Waals surface area contributed by atoms with Gasteiger partial charge in [0, 0.05) is 13.1 Å². The van der Waals surface area contributed by atoms with Crippen LogP contribution in [0.15, 0.2) is 30.3 Å². The molecular formula is C14H17NO3S. The molecular weight excluding hydrogens is 262 g/mol. The fraction of sp³-hybridized carbons (Fsp3) is 0.429. The fourth-order valence-electron chi connectivity index (χ4n) is 2.34. The van der Waals surface area contributed by atoms with Crippen molar-refractivity contribution in [3.05, 3.63) is 35.9 Å². The van der Waals surface area contributed by atoms with E-state index in [4.69, 9.17) is 5.11 Å². The van der Waals surface area contributed by atoms with Crippen LogP contribution in [0.4, 0.5) is 0 Å². The molecule has 0 saturated carbocycles. The summed E-state index contributed by atoms with van der Waals surface area (Å²) in [6.45, 7) is 0.873. The van der Waals surface area contributed by atoms with Gasteiger partial charge in [-0.3, -0.25) is 9.59 Å². The Morgan fingerprint density at radius 3 is 2.58 bits per heavy atom. The van der Waals surface area contributed by atoms with Gasteiger partial charge in [0.2, 0.25) is 5.91 Å². The molecule has 2 atom stereocenters. The number of benzene rings is 1. The number of nitrogens with zero attached hydrogens (tertiary/aromatic N) is 1. The lowest BCUT2D eigenvalue weighted by molar-refractivity contribution is -0.141. The van der Waals surface area contributed by atoms with E-state index in [-0.39, 0.29) is 11.2 Å². The number of carbonyl (C=O) groups is 2. The van der Waals surface area contributed by atoms with Crippen LogP contribution in [0.2, 0.25) is 0 Å². The van der Waals surface area contributed by atoms with Gasteiger partial charge in [-0.15, -0.1) is 11.8 Å². The van der Waals surface area contributed by atoms with Gasteiger partial charge < -0.3 is 10.0 Å². The molecule has 1 N–H and O–H groups in total. The van der Waals surface area contributed by atoms with E-state index in [0.717, 1.165) is 5.56 Å². The van der Waals surface area contributed by atoms with Crippen LogP contribution < -0.4 is 0 Å². The SMILES string of the molecule is CS[C@@H](C(=O)N1CC[C@@H](C(=O)O)C1)c1ccccc1. The van der Waals surface area contributed by atoms with Gasteiger partial charge in [-0.05, 0) is 18.2 Å². The summed E-state index contributed by atoms with van der Waals surface area (Å²) in [6, 6.07) is 9.61. The van der Waals surface area contributed by atoms with E-state index in [1.807, 2.05) is 36.6 Å². The maximum absolute atomic E-state index is 12.5. The summed E-state index contributed by atoms with van der Waals surface area (Å²) in [6.07, 6.45) is 2.46. The fourth-order valence-corrected chi connectivity index (χ4v) is 3.12. The zero-order chi connectivity index (χ0) is 13.8. The molecule has 0 aliphatic carbocycles.